The summed E-state index contributed by atoms with van der Waals surface area (Å²) in [5.74, 6) is -0.541. The summed E-state index contributed by atoms with van der Waals surface area (Å²) in [4.78, 5) is 29.7. The average Bonchev–Trinajstić information content (AvgIpc) is 2.87. The normalized spacial score (nSPS) is 12.3. The first-order valence-electron chi connectivity index (χ1n) is 6.07. The van der Waals surface area contributed by atoms with Gasteiger partial charge >= 0.3 is 5.97 Å². The summed E-state index contributed by atoms with van der Waals surface area (Å²) in [5, 5.41) is 9.76. The highest BCUT2D eigenvalue weighted by atomic mass is 79.9. The van der Waals surface area contributed by atoms with Crippen molar-refractivity contribution in [1.29, 1.82) is 0 Å². The predicted molar refractivity (Wildman–Crippen MR) is 81.5 cm³/mol. The van der Waals surface area contributed by atoms with E-state index in [-0.39, 0.29) is 12.8 Å². The van der Waals surface area contributed by atoms with E-state index in [0.29, 0.717) is 22.4 Å². The molecule has 0 unspecified atom stereocenters. The van der Waals surface area contributed by atoms with Crippen LogP contribution in [0.2, 0.25) is 5.02 Å². The van der Waals surface area contributed by atoms with Crippen LogP contribution in [0, 0.1) is 0 Å². The van der Waals surface area contributed by atoms with E-state index in [9.17, 15) is 9.59 Å². The number of rotatable bonds is 7. The second-order valence-electron chi connectivity index (χ2n) is 4.33. The minimum absolute atomic E-state index is 0.125. The molecule has 112 valence electrons. The molecule has 2 aromatic rings. The van der Waals surface area contributed by atoms with Crippen molar-refractivity contribution >= 4 is 50.7 Å². The second kappa shape index (κ2) is 6.93. The largest absolute Gasteiger partial charge is 0.481 e. The number of hydrogen-bond donors (Lipinski definition) is 3. The summed E-state index contributed by atoms with van der Waals surface area (Å²) in [6.45, 7) is 0. The Hall–Kier alpha value is -1.57. The topological polar surface area (TPSA) is 91.4 Å². The first-order valence-corrected chi connectivity index (χ1v) is 7.24. The number of aldehydes is 1. The highest BCUT2D eigenvalue weighted by molar-refractivity contribution is 9.10. The maximum atomic E-state index is 10.9. The van der Waals surface area contributed by atoms with Crippen LogP contribution in [0.4, 0.5) is 0 Å². The molecule has 0 fully saturated rings. The lowest BCUT2D eigenvalue weighted by Crippen LogP contribution is -2.33. The Balaban J connectivity index is 2.11. The molecule has 0 radical (unpaired) electrons. The van der Waals surface area contributed by atoms with Gasteiger partial charge in [0.2, 0.25) is 0 Å². The van der Waals surface area contributed by atoms with E-state index in [2.05, 4.69) is 26.4 Å². The molecule has 0 aliphatic rings. The lowest BCUT2D eigenvalue weighted by molar-refractivity contribution is -0.137. The van der Waals surface area contributed by atoms with Gasteiger partial charge in [-0.1, -0.05) is 11.6 Å². The Kier molecular flexibility index (Phi) is 5.22. The predicted octanol–water partition coefficient (Wildman–Crippen LogP) is 2.90. The number of carbonyl (C=O) groups is 2. The summed E-state index contributed by atoms with van der Waals surface area (Å²) in [6.07, 6.45) is 2.23. The number of nitrogens with one attached hydrogen (secondary N) is 2. The zero-order valence-corrected chi connectivity index (χ0v) is 13.1. The molecule has 0 saturated carbocycles. The van der Waals surface area contributed by atoms with Crippen LogP contribution in [0.5, 0.6) is 5.75 Å². The van der Waals surface area contributed by atoms with Crippen molar-refractivity contribution < 1.29 is 19.5 Å². The molecule has 1 aromatic heterocycles. The number of halogens is 2. The van der Waals surface area contributed by atoms with E-state index in [0.717, 1.165) is 9.99 Å². The number of fused-ring (bicyclic) bond motifs is 1. The van der Waals surface area contributed by atoms with Crippen molar-refractivity contribution in [2.45, 2.75) is 18.9 Å². The van der Waals surface area contributed by atoms with Crippen LogP contribution in [0.3, 0.4) is 0 Å². The number of aromatic amines is 1. The monoisotopic (exact) mass is 374 g/mol. The molecule has 21 heavy (non-hydrogen) atoms. The molecule has 6 nitrogen and oxygen atoms in total. The molecule has 0 spiro atoms. The van der Waals surface area contributed by atoms with Gasteiger partial charge in [-0.3, -0.25) is 4.79 Å². The van der Waals surface area contributed by atoms with Gasteiger partial charge in [-0.05, 0) is 34.5 Å². The number of aliphatic carboxylic acids is 1. The average molecular weight is 376 g/mol. The highest BCUT2D eigenvalue weighted by Crippen LogP contribution is 2.36. The molecule has 0 saturated heterocycles. The lowest BCUT2D eigenvalue weighted by Gasteiger charge is -2.12. The SMILES string of the molecule is O=C[C@H](CCC(=O)O)NOc1c[nH]c2ccc(Br)c(Cl)c12. The molecule has 0 bridgehead atoms. The van der Waals surface area contributed by atoms with Crippen LogP contribution in [0.1, 0.15) is 12.8 Å². The molecular weight excluding hydrogens is 364 g/mol. The molecule has 0 aliphatic carbocycles. The van der Waals surface area contributed by atoms with Gasteiger partial charge in [0.05, 0.1) is 22.0 Å². The van der Waals surface area contributed by atoms with Crippen molar-refractivity contribution in [3.8, 4) is 5.75 Å². The third-order valence-electron chi connectivity index (χ3n) is 2.85. The molecule has 2 rings (SSSR count). The van der Waals surface area contributed by atoms with Gasteiger partial charge in [-0.2, -0.15) is 0 Å². The van der Waals surface area contributed by atoms with E-state index < -0.39 is 12.0 Å². The van der Waals surface area contributed by atoms with Gasteiger partial charge in [0.15, 0.2) is 5.75 Å². The smallest absolute Gasteiger partial charge is 0.303 e. The molecule has 8 heteroatoms. The van der Waals surface area contributed by atoms with Crippen molar-refractivity contribution in [3.05, 3.63) is 27.8 Å². The minimum Gasteiger partial charge on any atom is -0.481 e. The van der Waals surface area contributed by atoms with Crippen LogP contribution in [0.25, 0.3) is 10.9 Å². The third-order valence-corrected chi connectivity index (χ3v) is 4.14. The molecule has 0 amide bonds. The Bertz CT molecular complexity index is 673. The Morgan fingerprint density at radius 2 is 2.33 bits per heavy atom. The Morgan fingerprint density at radius 3 is 3.00 bits per heavy atom. The number of hydroxylamine groups is 1. The highest BCUT2D eigenvalue weighted by Gasteiger charge is 2.14. The van der Waals surface area contributed by atoms with Crippen molar-refractivity contribution in [2.24, 2.45) is 0 Å². The van der Waals surface area contributed by atoms with E-state index in [1.807, 2.05) is 6.07 Å². The fourth-order valence-corrected chi connectivity index (χ4v) is 2.37. The summed E-state index contributed by atoms with van der Waals surface area (Å²) >= 11 is 9.53. The van der Waals surface area contributed by atoms with Crippen LogP contribution in [-0.2, 0) is 9.59 Å². The maximum absolute atomic E-state index is 10.9. The van der Waals surface area contributed by atoms with Crippen LogP contribution in [-0.4, -0.2) is 28.4 Å². The van der Waals surface area contributed by atoms with E-state index in [4.69, 9.17) is 21.5 Å². The van der Waals surface area contributed by atoms with E-state index >= 15 is 0 Å². The number of carboxylic acid groups (broad SMARTS) is 1. The quantitative estimate of drug-likeness (QED) is 0.511. The summed E-state index contributed by atoms with van der Waals surface area (Å²) in [6, 6.07) is 2.93. The van der Waals surface area contributed by atoms with Crippen molar-refractivity contribution in [1.82, 2.24) is 10.5 Å². The second-order valence-corrected chi connectivity index (χ2v) is 5.56. The number of benzene rings is 1. The Labute approximate surface area is 133 Å². The molecule has 3 N–H and O–H groups in total. The number of carbonyl (C=O) groups excluding carboxylic acids is 1. The fourth-order valence-electron chi connectivity index (χ4n) is 1.78. The number of hydrogen-bond acceptors (Lipinski definition) is 4. The summed E-state index contributed by atoms with van der Waals surface area (Å²) < 4.78 is 0.721. The van der Waals surface area contributed by atoms with Gasteiger partial charge in [-0.25, -0.2) is 0 Å². The van der Waals surface area contributed by atoms with Crippen molar-refractivity contribution in [2.75, 3.05) is 0 Å². The third kappa shape index (κ3) is 3.75. The Morgan fingerprint density at radius 1 is 1.57 bits per heavy atom. The van der Waals surface area contributed by atoms with Crippen LogP contribution < -0.4 is 10.3 Å². The van der Waals surface area contributed by atoms with E-state index in [1.54, 1.807) is 12.3 Å². The molecule has 1 aromatic carbocycles. The molecule has 1 atom stereocenters. The lowest BCUT2D eigenvalue weighted by atomic mass is 10.2. The number of carboxylic acids is 1. The number of H-pyrrole nitrogens is 1. The standard InChI is InChI=1S/C13H12BrClN2O4/c14-8-2-3-9-12(13(8)15)10(5-16-9)21-17-7(6-18)1-4-11(19)20/h2-3,5-7,16-17H,1,4H2,(H,19,20)/t7-/m0/s1. The number of aromatic nitrogens is 1. The summed E-state index contributed by atoms with van der Waals surface area (Å²) in [5.41, 5.74) is 3.33. The van der Waals surface area contributed by atoms with Crippen LogP contribution >= 0.6 is 27.5 Å². The van der Waals surface area contributed by atoms with Gasteiger partial charge in [0.25, 0.3) is 0 Å². The molecule has 0 aliphatic heterocycles. The van der Waals surface area contributed by atoms with Gasteiger partial charge in [-0.15, -0.1) is 5.48 Å². The maximum Gasteiger partial charge on any atom is 0.303 e. The molecular formula is C13H12BrClN2O4. The van der Waals surface area contributed by atoms with E-state index in [1.165, 1.54) is 0 Å². The fraction of sp³-hybridized carbons (Fsp3) is 0.231. The first-order chi connectivity index (χ1) is 10.0. The summed E-state index contributed by atoms with van der Waals surface area (Å²) in [7, 11) is 0. The van der Waals surface area contributed by atoms with Crippen molar-refractivity contribution in [3.63, 3.8) is 0 Å². The van der Waals surface area contributed by atoms with Gasteiger partial charge in [0, 0.05) is 17.1 Å². The zero-order valence-electron chi connectivity index (χ0n) is 10.7. The first kappa shape index (κ1) is 15.8. The minimum atomic E-state index is -0.970. The van der Waals surface area contributed by atoms with Gasteiger partial charge in [0.1, 0.15) is 6.29 Å². The zero-order chi connectivity index (χ0) is 15.4. The van der Waals surface area contributed by atoms with Gasteiger partial charge < -0.3 is 19.7 Å². The van der Waals surface area contributed by atoms with Crippen LogP contribution in [0.15, 0.2) is 22.8 Å². The molecule has 1 heterocycles.